The summed E-state index contributed by atoms with van der Waals surface area (Å²) >= 11 is 5.78. The minimum absolute atomic E-state index is 0.0468. The molecule has 0 amide bonds. The second-order valence-corrected chi connectivity index (χ2v) is 6.31. The van der Waals surface area contributed by atoms with Crippen molar-refractivity contribution in [3.63, 3.8) is 0 Å². The van der Waals surface area contributed by atoms with Gasteiger partial charge in [0.05, 0.1) is 5.69 Å². The highest BCUT2D eigenvalue weighted by atomic mass is 35.5. The minimum atomic E-state index is -3.56. The number of rotatable bonds is 7. The fraction of sp³-hybridized carbons (Fsp3) is 0.500. The number of anilines is 1. The largest absolute Gasteiger partial charge is 0.398 e. The van der Waals surface area contributed by atoms with E-state index in [9.17, 15) is 8.42 Å². The third kappa shape index (κ3) is 4.48. The maximum Gasteiger partial charge on any atom is 0.242 e. The zero-order valence-corrected chi connectivity index (χ0v) is 12.0. The summed E-state index contributed by atoms with van der Waals surface area (Å²) in [6.45, 7) is 2.53. The van der Waals surface area contributed by atoms with Crippen LogP contribution in [0.2, 0.25) is 5.02 Å². The fourth-order valence-corrected chi connectivity index (χ4v) is 3.04. The van der Waals surface area contributed by atoms with Crippen molar-refractivity contribution in [2.75, 3.05) is 12.3 Å². The number of sulfonamides is 1. The van der Waals surface area contributed by atoms with Crippen molar-refractivity contribution < 1.29 is 8.42 Å². The van der Waals surface area contributed by atoms with E-state index in [1.807, 2.05) is 0 Å². The molecule has 0 unspecified atom stereocenters. The van der Waals surface area contributed by atoms with Gasteiger partial charge in [-0.3, -0.25) is 0 Å². The topological polar surface area (TPSA) is 72.2 Å². The molecule has 1 aromatic carbocycles. The van der Waals surface area contributed by atoms with Crippen molar-refractivity contribution in [1.82, 2.24) is 4.72 Å². The van der Waals surface area contributed by atoms with Gasteiger partial charge in [-0.2, -0.15) is 0 Å². The van der Waals surface area contributed by atoms with Gasteiger partial charge >= 0.3 is 0 Å². The molecular formula is C12H19ClN2O2S. The van der Waals surface area contributed by atoms with Gasteiger partial charge in [-0.1, -0.05) is 37.8 Å². The molecule has 0 aliphatic carbocycles. The summed E-state index contributed by atoms with van der Waals surface area (Å²) in [5, 5.41) is 0.357. The molecule has 0 radical (unpaired) electrons. The molecule has 0 heterocycles. The van der Waals surface area contributed by atoms with Gasteiger partial charge in [-0.05, 0) is 24.6 Å². The molecule has 1 rings (SSSR count). The van der Waals surface area contributed by atoms with Crippen molar-refractivity contribution >= 4 is 27.3 Å². The van der Waals surface area contributed by atoms with Crippen molar-refractivity contribution in [2.24, 2.45) is 0 Å². The maximum absolute atomic E-state index is 12.0. The molecule has 1 aromatic rings. The van der Waals surface area contributed by atoms with E-state index in [-0.39, 0.29) is 10.6 Å². The van der Waals surface area contributed by atoms with Crippen molar-refractivity contribution in [3.8, 4) is 0 Å². The van der Waals surface area contributed by atoms with Crippen molar-refractivity contribution in [3.05, 3.63) is 23.2 Å². The van der Waals surface area contributed by atoms with E-state index in [0.29, 0.717) is 11.6 Å². The van der Waals surface area contributed by atoms with Gasteiger partial charge in [0.15, 0.2) is 0 Å². The highest BCUT2D eigenvalue weighted by Crippen LogP contribution is 2.22. The van der Waals surface area contributed by atoms with Crippen LogP contribution >= 0.6 is 11.6 Å². The molecule has 0 saturated heterocycles. The molecule has 6 heteroatoms. The first kappa shape index (κ1) is 15.3. The Morgan fingerprint density at radius 2 is 2.00 bits per heavy atom. The number of nitrogen functional groups attached to an aromatic ring is 1. The first-order valence-electron chi connectivity index (χ1n) is 6.02. The summed E-state index contributed by atoms with van der Waals surface area (Å²) in [6.07, 6.45) is 4.08. The van der Waals surface area contributed by atoms with E-state index in [1.165, 1.54) is 12.1 Å². The highest BCUT2D eigenvalue weighted by Gasteiger charge is 2.16. The number of unbranched alkanes of at least 4 members (excludes halogenated alkanes) is 3. The number of hydrogen-bond acceptors (Lipinski definition) is 3. The van der Waals surface area contributed by atoms with Crippen LogP contribution in [0.5, 0.6) is 0 Å². The average molecular weight is 291 g/mol. The van der Waals surface area contributed by atoms with E-state index in [4.69, 9.17) is 17.3 Å². The summed E-state index contributed by atoms with van der Waals surface area (Å²) < 4.78 is 26.5. The van der Waals surface area contributed by atoms with E-state index in [1.54, 1.807) is 6.07 Å². The second-order valence-electron chi connectivity index (χ2n) is 4.14. The Balaban J connectivity index is 2.66. The number of halogens is 1. The Kier molecular flexibility index (Phi) is 5.91. The lowest BCUT2D eigenvalue weighted by Crippen LogP contribution is -2.25. The van der Waals surface area contributed by atoms with Crippen LogP contribution in [0.3, 0.4) is 0 Å². The third-order valence-corrected chi connectivity index (χ3v) is 4.34. The summed E-state index contributed by atoms with van der Waals surface area (Å²) in [5.41, 5.74) is 5.86. The molecule has 0 saturated carbocycles. The Morgan fingerprint density at radius 1 is 1.28 bits per heavy atom. The zero-order valence-electron chi connectivity index (χ0n) is 10.4. The third-order valence-electron chi connectivity index (χ3n) is 2.59. The average Bonchev–Trinajstić information content (AvgIpc) is 2.32. The number of hydrogen-bond donors (Lipinski definition) is 2. The molecule has 0 fully saturated rings. The molecule has 4 nitrogen and oxygen atoms in total. The number of benzene rings is 1. The summed E-state index contributed by atoms with van der Waals surface area (Å²) in [4.78, 5) is 0.0468. The molecule has 0 aromatic heterocycles. The van der Waals surface area contributed by atoms with Gasteiger partial charge in [0, 0.05) is 11.6 Å². The Labute approximate surface area is 114 Å². The van der Waals surface area contributed by atoms with Gasteiger partial charge in [0.25, 0.3) is 0 Å². The predicted molar refractivity (Wildman–Crippen MR) is 75.2 cm³/mol. The van der Waals surface area contributed by atoms with Crippen molar-refractivity contribution in [2.45, 2.75) is 37.5 Å². The Morgan fingerprint density at radius 3 is 2.67 bits per heavy atom. The highest BCUT2D eigenvalue weighted by molar-refractivity contribution is 7.89. The molecule has 3 N–H and O–H groups in total. The van der Waals surface area contributed by atoms with E-state index in [2.05, 4.69) is 11.6 Å². The number of nitrogens with two attached hydrogens (primary N) is 1. The van der Waals surface area contributed by atoms with E-state index in [0.717, 1.165) is 25.7 Å². The van der Waals surface area contributed by atoms with Gasteiger partial charge in [0.2, 0.25) is 10.0 Å². The van der Waals surface area contributed by atoms with Gasteiger partial charge in [-0.25, -0.2) is 13.1 Å². The van der Waals surface area contributed by atoms with E-state index < -0.39 is 10.0 Å². The second kappa shape index (κ2) is 6.97. The molecule has 18 heavy (non-hydrogen) atoms. The van der Waals surface area contributed by atoms with Gasteiger partial charge in [-0.15, -0.1) is 0 Å². The molecule has 0 bridgehead atoms. The lowest BCUT2D eigenvalue weighted by atomic mass is 10.2. The lowest BCUT2D eigenvalue weighted by Gasteiger charge is -2.09. The standard InChI is InChI=1S/C12H19ClN2O2S/c1-2-3-4-5-8-15-18(16,17)12-9-10(13)6-7-11(12)14/h6-7,9,15H,2-5,8,14H2,1H3. The number of nitrogens with one attached hydrogen (secondary N) is 1. The smallest absolute Gasteiger partial charge is 0.242 e. The van der Waals surface area contributed by atoms with Crippen LogP contribution in [-0.2, 0) is 10.0 Å². The molecule has 0 spiro atoms. The monoisotopic (exact) mass is 290 g/mol. The summed E-state index contributed by atoms with van der Waals surface area (Å²) in [5.74, 6) is 0. The van der Waals surface area contributed by atoms with Crippen LogP contribution in [0.4, 0.5) is 5.69 Å². The predicted octanol–water partition coefficient (Wildman–Crippen LogP) is 2.78. The molecule has 0 aliphatic heterocycles. The zero-order chi connectivity index (χ0) is 13.6. The van der Waals surface area contributed by atoms with Crippen molar-refractivity contribution in [1.29, 1.82) is 0 Å². The fourth-order valence-electron chi connectivity index (χ4n) is 1.58. The maximum atomic E-state index is 12.0. The Hall–Kier alpha value is -0.780. The molecule has 102 valence electrons. The Bertz CT molecular complexity index is 489. The van der Waals surface area contributed by atoms with Crippen LogP contribution in [-0.4, -0.2) is 15.0 Å². The minimum Gasteiger partial charge on any atom is -0.398 e. The lowest BCUT2D eigenvalue weighted by molar-refractivity contribution is 0.574. The van der Waals surface area contributed by atoms with Crippen LogP contribution in [0, 0.1) is 0 Å². The summed E-state index contributed by atoms with van der Waals surface area (Å²) in [7, 11) is -3.56. The normalized spacial score (nSPS) is 11.7. The quantitative estimate of drug-likeness (QED) is 0.599. The van der Waals surface area contributed by atoms with Gasteiger partial charge in [0.1, 0.15) is 4.90 Å². The van der Waals surface area contributed by atoms with Crippen LogP contribution in [0.15, 0.2) is 23.1 Å². The molecule has 0 aliphatic rings. The van der Waals surface area contributed by atoms with Crippen LogP contribution in [0.25, 0.3) is 0 Å². The van der Waals surface area contributed by atoms with Gasteiger partial charge < -0.3 is 5.73 Å². The first-order valence-corrected chi connectivity index (χ1v) is 7.88. The van der Waals surface area contributed by atoms with Crippen LogP contribution in [0.1, 0.15) is 32.6 Å². The van der Waals surface area contributed by atoms with Crippen LogP contribution < -0.4 is 10.5 Å². The first-order chi connectivity index (χ1) is 8.47. The molecular weight excluding hydrogens is 272 g/mol. The van der Waals surface area contributed by atoms with E-state index >= 15 is 0 Å². The SMILES string of the molecule is CCCCCCNS(=O)(=O)c1cc(Cl)ccc1N. The summed E-state index contributed by atoms with van der Waals surface area (Å²) in [6, 6.07) is 4.43. The molecule has 0 atom stereocenters.